The Labute approximate surface area is 93.0 Å². The Bertz CT molecular complexity index is 158. The zero-order valence-corrected chi connectivity index (χ0v) is 10.4. The molecule has 1 saturated heterocycles. The number of hydrogen-bond acceptors (Lipinski definition) is 3. The van der Waals surface area contributed by atoms with E-state index < -0.39 is 0 Å². The zero-order valence-electron chi connectivity index (χ0n) is 10.4. The quantitative estimate of drug-likeness (QED) is 0.661. The second-order valence-corrected chi connectivity index (χ2v) is 4.56. The molecule has 0 unspecified atom stereocenters. The summed E-state index contributed by atoms with van der Waals surface area (Å²) >= 11 is 0. The lowest BCUT2D eigenvalue weighted by atomic mass is 10.2. The van der Waals surface area contributed by atoms with Gasteiger partial charge in [-0.15, -0.1) is 0 Å². The van der Waals surface area contributed by atoms with Crippen molar-refractivity contribution in [1.29, 1.82) is 0 Å². The number of carbonyl (C=O) groups excluding carboxylic acids is 1. The first-order chi connectivity index (χ1) is 6.99. The van der Waals surface area contributed by atoms with Crippen LogP contribution in [0.2, 0.25) is 0 Å². The van der Waals surface area contributed by atoms with Crippen LogP contribution in [0.15, 0.2) is 0 Å². The van der Waals surface area contributed by atoms with Crippen LogP contribution >= 0.6 is 0 Å². The Morgan fingerprint density at radius 1 is 1.27 bits per heavy atom. The van der Waals surface area contributed by atoms with Crippen molar-refractivity contribution in [1.82, 2.24) is 10.2 Å². The smallest absolute Gasteiger partial charge is 0.209 e. The molecule has 1 aliphatic heterocycles. The summed E-state index contributed by atoms with van der Waals surface area (Å²) in [5.41, 5.74) is 0.0417. The van der Waals surface area contributed by atoms with E-state index in [1.165, 1.54) is 0 Å². The average molecular weight is 216 g/mol. The van der Waals surface area contributed by atoms with Gasteiger partial charge in [-0.1, -0.05) is 0 Å². The third kappa shape index (κ3) is 9.69. The van der Waals surface area contributed by atoms with Crippen molar-refractivity contribution in [3.63, 3.8) is 0 Å². The molecule has 90 valence electrons. The monoisotopic (exact) mass is 216 g/mol. The lowest BCUT2D eigenvalue weighted by Gasteiger charge is -2.14. The first kappa shape index (κ1) is 14.4. The molecule has 0 bridgehead atoms. The van der Waals surface area contributed by atoms with Crippen LogP contribution in [-0.2, 0) is 9.53 Å². The summed E-state index contributed by atoms with van der Waals surface area (Å²) in [6, 6.07) is 0. The highest BCUT2D eigenvalue weighted by atomic mass is 16.5. The van der Waals surface area contributed by atoms with Crippen LogP contribution in [0.5, 0.6) is 0 Å². The number of nitrogens with one attached hydrogen (secondary N) is 1. The molecular formula is C11H24N2O2. The van der Waals surface area contributed by atoms with E-state index in [4.69, 9.17) is 4.74 Å². The molecule has 1 N–H and O–H groups in total. The molecule has 4 nitrogen and oxygen atoms in total. The third-order valence-electron chi connectivity index (χ3n) is 2.14. The summed E-state index contributed by atoms with van der Waals surface area (Å²) < 4.78 is 4.94. The predicted octanol–water partition coefficient (Wildman–Crippen LogP) is 0.869. The first-order valence-electron chi connectivity index (χ1n) is 5.45. The molecular weight excluding hydrogens is 192 g/mol. The van der Waals surface area contributed by atoms with E-state index in [-0.39, 0.29) is 5.60 Å². The van der Waals surface area contributed by atoms with Gasteiger partial charge in [0, 0.05) is 26.7 Å². The van der Waals surface area contributed by atoms with Gasteiger partial charge in [0.05, 0.1) is 5.60 Å². The van der Waals surface area contributed by atoms with Gasteiger partial charge >= 0.3 is 0 Å². The molecule has 1 fully saturated rings. The highest BCUT2D eigenvalue weighted by molar-refractivity contribution is 5.46. The molecule has 0 spiro atoms. The van der Waals surface area contributed by atoms with Crippen molar-refractivity contribution in [2.24, 2.45) is 0 Å². The summed E-state index contributed by atoms with van der Waals surface area (Å²) in [5.74, 6) is 0. The molecule has 1 rings (SSSR count). The molecule has 0 aromatic heterocycles. The Balaban J connectivity index is 0.000000288. The fourth-order valence-electron chi connectivity index (χ4n) is 0.972. The topological polar surface area (TPSA) is 41.6 Å². The van der Waals surface area contributed by atoms with E-state index in [1.54, 1.807) is 12.0 Å². The fourth-order valence-corrected chi connectivity index (χ4v) is 0.972. The standard InChI is InChI=1S/C6H12N2O.C5H12O/c9-6-8-4-1-2-7-3-5-8;1-5(2,3)6-4/h6-7H,1-5H2;1-4H3. The van der Waals surface area contributed by atoms with Crippen LogP contribution in [0.4, 0.5) is 0 Å². The summed E-state index contributed by atoms with van der Waals surface area (Å²) in [4.78, 5) is 12.0. The second-order valence-electron chi connectivity index (χ2n) is 4.56. The summed E-state index contributed by atoms with van der Waals surface area (Å²) in [7, 11) is 1.71. The van der Waals surface area contributed by atoms with E-state index in [0.717, 1.165) is 39.0 Å². The Morgan fingerprint density at radius 2 is 1.87 bits per heavy atom. The largest absolute Gasteiger partial charge is 0.379 e. The van der Waals surface area contributed by atoms with Gasteiger partial charge in [0.2, 0.25) is 6.41 Å². The van der Waals surface area contributed by atoms with E-state index in [1.807, 2.05) is 20.8 Å². The van der Waals surface area contributed by atoms with Crippen LogP contribution in [0.25, 0.3) is 0 Å². The van der Waals surface area contributed by atoms with Crippen molar-refractivity contribution in [3.8, 4) is 0 Å². The maximum Gasteiger partial charge on any atom is 0.209 e. The van der Waals surface area contributed by atoms with Gasteiger partial charge in [-0.05, 0) is 33.7 Å². The number of rotatable bonds is 1. The van der Waals surface area contributed by atoms with Gasteiger partial charge in [-0.3, -0.25) is 4.79 Å². The molecule has 0 aliphatic carbocycles. The van der Waals surface area contributed by atoms with E-state index in [2.05, 4.69) is 5.32 Å². The lowest BCUT2D eigenvalue weighted by Crippen LogP contribution is -2.26. The second kappa shape index (κ2) is 7.65. The van der Waals surface area contributed by atoms with Gasteiger partial charge in [0.15, 0.2) is 0 Å². The molecule has 0 radical (unpaired) electrons. The third-order valence-corrected chi connectivity index (χ3v) is 2.14. The summed E-state index contributed by atoms with van der Waals surface area (Å²) in [6.45, 7) is 9.83. The zero-order chi connectivity index (χ0) is 11.7. The maximum atomic E-state index is 10.2. The molecule has 1 heterocycles. The van der Waals surface area contributed by atoms with Crippen molar-refractivity contribution in [2.75, 3.05) is 33.3 Å². The first-order valence-corrected chi connectivity index (χ1v) is 5.45. The van der Waals surface area contributed by atoms with Gasteiger partial charge in [0.25, 0.3) is 0 Å². The molecule has 4 heteroatoms. The van der Waals surface area contributed by atoms with Gasteiger partial charge in [-0.25, -0.2) is 0 Å². The van der Waals surface area contributed by atoms with Crippen molar-refractivity contribution < 1.29 is 9.53 Å². The minimum atomic E-state index is 0.0417. The molecule has 0 aromatic rings. The molecule has 1 amide bonds. The van der Waals surface area contributed by atoms with Crippen LogP contribution in [0.3, 0.4) is 0 Å². The SMILES string of the molecule is COC(C)(C)C.O=CN1CCCNCC1. The number of hydrogen-bond donors (Lipinski definition) is 1. The molecule has 0 atom stereocenters. The number of amides is 1. The minimum absolute atomic E-state index is 0.0417. The van der Waals surface area contributed by atoms with Crippen LogP contribution < -0.4 is 5.32 Å². The number of ether oxygens (including phenoxy) is 1. The van der Waals surface area contributed by atoms with Crippen LogP contribution in [0, 0.1) is 0 Å². The fraction of sp³-hybridized carbons (Fsp3) is 0.909. The van der Waals surface area contributed by atoms with Crippen LogP contribution in [-0.4, -0.2) is 50.2 Å². The van der Waals surface area contributed by atoms with E-state index >= 15 is 0 Å². The molecule has 1 aliphatic rings. The lowest BCUT2D eigenvalue weighted by molar-refractivity contribution is -0.117. The van der Waals surface area contributed by atoms with Crippen molar-refractivity contribution >= 4 is 6.41 Å². The van der Waals surface area contributed by atoms with E-state index in [0.29, 0.717) is 0 Å². The highest BCUT2D eigenvalue weighted by Gasteiger charge is 2.04. The number of carbonyl (C=O) groups is 1. The van der Waals surface area contributed by atoms with Gasteiger partial charge in [0.1, 0.15) is 0 Å². The normalized spacial score (nSPS) is 17.5. The summed E-state index contributed by atoms with van der Waals surface area (Å²) in [5, 5.41) is 3.21. The Morgan fingerprint density at radius 3 is 2.33 bits per heavy atom. The minimum Gasteiger partial charge on any atom is -0.379 e. The van der Waals surface area contributed by atoms with E-state index in [9.17, 15) is 4.79 Å². The number of nitrogens with zero attached hydrogens (tertiary/aromatic N) is 1. The molecule has 15 heavy (non-hydrogen) atoms. The Hall–Kier alpha value is -0.610. The van der Waals surface area contributed by atoms with Crippen LogP contribution in [0.1, 0.15) is 27.2 Å². The Kier molecular flexibility index (Phi) is 7.34. The number of methoxy groups -OCH3 is 1. The van der Waals surface area contributed by atoms with Crippen molar-refractivity contribution in [3.05, 3.63) is 0 Å². The molecule has 0 saturated carbocycles. The highest BCUT2D eigenvalue weighted by Crippen LogP contribution is 2.02. The summed E-state index contributed by atoms with van der Waals surface area (Å²) in [6.07, 6.45) is 2.01. The van der Waals surface area contributed by atoms with Gasteiger partial charge < -0.3 is 15.0 Å². The average Bonchev–Trinajstić information content (AvgIpc) is 2.45. The maximum absolute atomic E-state index is 10.2. The predicted molar refractivity (Wildman–Crippen MR) is 61.9 cm³/mol. The van der Waals surface area contributed by atoms with Crippen molar-refractivity contribution in [2.45, 2.75) is 32.8 Å². The van der Waals surface area contributed by atoms with Gasteiger partial charge in [-0.2, -0.15) is 0 Å². The molecule has 0 aromatic carbocycles.